The molecule has 0 bridgehead atoms. The Labute approximate surface area is 106 Å². The van der Waals surface area contributed by atoms with Gasteiger partial charge in [-0.3, -0.25) is 0 Å². The summed E-state index contributed by atoms with van der Waals surface area (Å²) in [6.45, 7) is 0.506. The number of carbonyl (C=O) groups excluding carboxylic acids is 1. The largest absolute Gasteiger partial charge is 0.462 e. The molecule has 1 aromatic rings. The van der Waals surface area contributed by atoms with Gasteiger partial charge in [0.15, 0.2) is 0 Å². The highest BCUT2D eigenvalue weighted by Gasteiger charge is 2.13. The number of ether oxygens (including phenoxy) is 1. The number of benzene rings is 1. The number of hydrogen-bond acceptors (Lipinski definition) is 2. The number of esters is 1. The first-order valence-corrected chi connectivity index (χ1v) is 6.21. The lowest BCUT2D eigenvalue weighted by atomic mass is 9.95. The second-order valence-electron chi connectivity index (χ2n) is 4.26. The molecule has 1 aliphatic rings. The minimum Gasteiger partial charge on any atom is -0.462 e. The Bertz CT molecular complexity index is 409. The van der Waals surface area contributed by atoms with Gasteiger partial charge < -0.3 is 4.74 Å². The van der Waals surface area contributed by atoms with Gasteiger partial charge in [-0.15, -0.1) is 0 Å². The van der Waals surface area contributed by atoms with Gasteiger partial charge in [0.1, 0.15) is 0 Å². The molecule has 0 saturated carbocycles. The molecule has 0 aliphatic heterocycles. The Morgan fingerprint density at radius 2 is 2.06 bits per heavy atom. The molecule has 0 amide bonds. The van der Waals surface area contributed by atoms with E-state index in [1.54, 1.807) is 24.3 Å². The van der Waals surface area contributed by atoms with E-state index in [-0.39, 0.29) is 5.97 Å². The van der Waals surface area contributed by atoms with Gasteiger partial charge in [-0.05, 0) is 49.4 Å². The van der Waals surface area contributed by atoms with Gasteiger partial charge in [-0.2, -0.15) is 0 Å². The van der Waals surface area contributed by atoms with Crippen molar-refractivity contribution in [3.63, 3.8) is 0 Å². The molecule has 0 N–H and O–H groups in total. The number of halogens is 1. The molecule has 0 radical (unpaired) electrons. The maximum atomic E-state index is 11.7. The van der Waals surface area contributed by atoms with Gasteiger partial charge in [-0.25, -0.2) is 4.79 Å². The average Bonchev–Trinajstić information content (AvgIpc) is 2.38. The monoisotopic (exact) mass is 250 g/mol. The second-order valence-corrected chi connectivity index (χ2v) is 4.69. The number of allylic oxidation sites excluding steroid dienone is 2. The highest BCUT2D eigenvalue weighted by Crippen LogP contribution is 2.19. The molecule has 1 aliphatic carbocycles. The van der Waals surface area contributed by atoms with E-state index in [1.807, 2.05) is 0 Å². The average molecular weight is 251 g/mol. The quantitative estimate of drug-likeness (QED) is 0.602. The van der Waals surface area contributed by atoms with E-state index >= 15 is 0 Å². The van der Waals surface area contributed by atoms with Gasteiger partial charge in [0.05, 0.1) is 12.2 Å². The number of hydrogen-bond donors (Lipinski definition) is 0. The van der Waals surface area contributed by atoms with E-state index in [4.69, 9.17) is 16.3 Å². The third kappa shape index (κ3) is 3.60. The van der Waals surface area contributed by atoms with Crippen molar-refractivity contribution in [3.05, 3.63) is 47.0 Å². The molecule has 17 heavy (non-hydrogen) atoms. The van der Waals surface area contributed by atoms with Crippen LogP contribution in [-0.4, -0.2) is 12.6 Å². The van der Waals surface area contributed by atoms with Crippen LogP contribution in [0.25, 0.3) is 0 Å². The van der Waals surface area contributed by atoms with E-state index < -0.39 is 0 Å². The fourth-order valence-corrected chi connectivity index (χ4v) is 2.00. The molecule has 0 fully saturated rings. The first-order valence-electron chi connectivity index (χ1n) is 5.83. The van der Waals surface area contributed by atoms with Gasteiger partial charge in [0, 0.05) is 5.02 Å². The summed E-state index contributed by atoms with van der Waals surface area (Å²) in [6, 6.07) is 6.76. The van der Waals surface area contributed by atoms with Crippen molar-refractivity contribution in [3.8, 4) is 0 Å². The van der Waals surface area contributed by atoms with Crippen LogP contribution in [0.1, 0.15) is 29.6 Å². The molecule has 0 spiro atoms. The van der Waals surface area contributed by atoms with Crippen LogP contribution in [0.4, 0.5) is 0 Å². The molecule has 1 aromatic carbocycles. The van der Waals surface area contributed by atoms with Crippen molar-refractivity contribution in [2.45, 2.75) is 19.3 Å². The summed E-state index contributed by atoms with van der Waals surface area (Å²) >= 11 is 5.76. The van der Waals surface area contributed by atoms with Crippen molar-refractivity contribution in [2.75, 3.05) is 6.61 Å². The van der Waals surface area contributed by atoms with Gasteiger partial charge >= 0.3 is 5.97 Å². The summed E-state index contributed by atoms with van der Waals surface area (Å²) in [7, 11) is 0. The van der Waals surface area contributed by atoms with Crippen molar-refractivity contribution < 1.29 is 9.53 Å². The van der Waals surface area contributed by atoms with E-state index in [0.29, 0.717) is 23.1 Å². The molecule has 1 unspecified atom stereocenters. The van der Waals surface area contributed by atoms with Crippen LogP contribution in [0.2, 0.25) is 5.02 Å². The minimum absolute atomic E-state index is 0.267. The summed E-state index contributed by atoms with van der Waals surface area (Å²) in [5.41, 5.74) is 0.556. The molecule has 0 saturated heterocycles. The minimum atomic E-state index is -0.267. The van der Waals surface area contributed by atoms with Gasteiger partial charge in [-0.1, -0.05) is 23.8 Å². The van der Waals surface area contributed by atoms with E-state index in [2.05, 4.69) is 12.2 Å². The molecule has 90 valence electrons. The fourth-order valence-electron chi connectivity index (χ4n) is 1.87. The lowest BCUT2D eigenvalue weighted by Crippen LogP contribution is -2.15. The molecular weight excluding hydrogens is 236 g/mol. The molecule has 0 heterocycles. The zero-order valence-corrected chi connectivity index (χ0v) is 10.3. The van der Waals surface area contributed by atoms with Crippen molar-refractivity contribution >= 4 is 17.6 Å². The normalized spacial score (nSPS) is 19.0. The van der Waals surface area contributed by atoms with E-state index in [0.717, 1.165) is 19.3 Å². The molecular formula is C14H15ClO2. The standard InChI is InChI=1S/C14H15ClO2/c15-13-8-6-12(7-9-13)14(16)17-10-11-4-2-1-3-5-11/h1-2,6-9,11H,3-5,10H2. The molecule has 0 aromatic heterocycles. The first-order chi connectivity index (χ1) is 8.25. The smallest absolute Gasteiger partial charge is 0.338 e. The Morgan fingerprint density at radius 1 is 1.29 bits per heavy atom. The van der Waals surface area contributed by atoms with Crippen LogP contribution in [0.15, 0.2) is 36.4 Å². The highest BCUT2D eigenvalue weighted by atomic mass is 35.5. The van der Waals surface area contributed by atoms with Crippen LogP contribution in [-0.2, 0) is 4.74 Å². The topological polar surface area (TPSA) is 26.3 Å². The van der Waals surface area contributed by atoms with Crippen molar-refractivity contribution in [1.29, 1.82) is 0 Å². The lowest BCUT2D eigenvalue weighted by Gasteiger charge is -2.17. The Hall–Kier alpha value is -1.28. The van der Waals surface area contributed by atoms with Crippen LogP contribution in [0.5, 0.6) is 0 Å². The SMILES string of the molecule is O=C(OCC1CC=CCC1)c1ccc(Cl)cc1. The van der Waals surface area contributed by atoms with Crippen molar-refractivity contribution in [2.24, 2.45) is 5.92 Å². The molecule has 2 rings (SSSR count). The van der Waals surface area contributed by atoms with Crippen molar-refractivity contribution in [1.82, 2.24) is 0 Å². The maximum absolute atomic E-state index is 11.7. The van der Waals surface area contributed by atoms with Crippen LogP contribution in [0, 0.1) is 5.92 Å². The highest BCUT2D eigenvalue weighted by molar-refractivity contribution is 6.30. The number of carbonyl (C=O) groups is 1. The summed E-state index contributed by atoms with van der Waals surface area (Å²) < 4.78 is 5.29. The molecule has 2 nitrogen and oxygen atoms in total. The van der Waals surface area contributed by atoms with Crippen LogP contribution >= 0.6 is 11.6 Å². The van der Waals surface area contributed by atoms with E-state index in [1.165, 1.54) is 0 Å². The van der Waals surface area contributed by atoms with Gasteiger partial charge in [0.2, 0.25) is 0 Å². The third-order valence-electron chi connectivity index (χ3n) is 2.91. The summed E-state index contributed by atoms with van der Waals surface area (Å²) in [4.78, 5) is 11.7. The third-order valence-corrected chi connectivity index (χ3v) is 3.16. The molecule has 1 atom stereocenters. The van der Waals surface area contributed by atoms with Crippen LogP contribution in [0.3, 0.4) is 0 Å². The number of rotatable bonds is 3. The lowest BCUT2D eigenvalue weighted by molar-refractivity contribution is 0.0432. The van der Waals surface area contributed by atoms with Crippen LogP contribution < -0.4 is 0 Å². The zero-order chi connectivity index (χ0) is 12.1. The zero-order valence-electron chi connectivity index (χ0n) is 9.56. The predicted octanol–water partition coefficient (Wildman–Crippen LogP) is 3.85. The molecule has 3 heteroatoms. The summed E-state index contributed by atoms with van der Waals surface area (Å²) in [5.74, 6) is 0.201. The Morgan fingerprint density at radius 3 is 2.71 bits per heavy atom. The summed E-state index contributed by atoms with van der Waals surface area (Å²) in [5, 5.41) is 0.624. The van der Waals surface area contributed by atoms with Gasteiger partial charge in [0.25, 0.3) is 0 Å². The fraction of sp³-hybridized carbons (Fsp3) is 0.357. The Kier molecular flexibility index (Phi) is 4.21. The summed E-state index contributed by atoms with van der Waals surface area (Å²) in [6.07, 6.45) is 7.53. The first kappa shape index (κ1) is 12.2. The van der Waals surface area contributed by atoms with E-state index in [9.17, 15) is 4.79 Å². The predicted molar refractivity (Wildman–Crippen MR) is 68.2 cm³/mol. The second kappa shape index (κ2) is 5.87. The Balaban J connectivity index is 1.84. The maximum Gasteiger partial charge on any atom is 0.338 e.